The summed E-state index contributed by atoms with van der Waals surface area (Å²) in [7, 11) is 0. The van der Waals surface area contributed by atoms with Crippen LogP contribution in [0.4, 0.5) is 5.69 Å². The van der Waals surface area contributed by atoms with E-state index in [1.165, 1.54) is 5.56 Å². The van der Waals surface area contributed by atoms with Crippen LogP contribution in [0.2, 0.25) is 0 Å². The molecule has 0 unspecified atom stereocenters. The van der Waals surface area contributed by atoms with Crippen molar-refractivity contribution in [1.29, 1.82) is 0 Å². The van der Waals surface area contributed by atoms with Crippen LogP contribution in [-0.4, -0.2) is 30.8 Å². The molecule has 0 radical (unpaired) electrons. The highest BCUT2D eigenvalue weighted by atomic mass is 16.5. The number of aryl methyl sites for hydroxylation is 1. The van der Waals surface area contributed by atoms with Crippen LogP contribution in [0.5, 0.6) is 0 Å². The molecule has 4 nitrogen and oxygen atoms in total. The summed E-state index contributed by atoms with van der Waals surface area (Å²) in [6.45, 7) is 7.30. The van der Waals surface area contributed by atoms with Gasteiger partial charge in [0.1, 0.15) is 5.41 Å². The van der Waals surface area contributed by atoms with Crippen molar-refractivity contribution in [3.05, 3.63) is 29.3 Å². The Balaban J connectivity index is 2.10. The van der Waals surface area contributed by atoms with Crippen LogP contribution in [0.3, 0.4) is 0 Å². The maximum Gasteiger partial charge on any atom is 0.316 e. The van der Waals surface area contributed by atoms with E-state index in [2.05, 4.69) is 37.4 Å². The average molecular weight is 263 g/mol. The van der Waals surface area contributed by atoms with Crippen LogP contribution in [-0.2, 0) is 9.53 Å². The van der Waals surface area contributed by atoms with Crippen LogP contribution in [0, 0.1) is 12.3 Å². The maximum atomic E-state index is 11.3. The minimum atomic E-state index is -0.788. The Bertz CT molecular complexity index is 478. The molecule has 0 spiro atoms. The van der Waals surface area contributed by atoms with Crippen molar-refractivity contribution in [3.8, 4) is 0 Å². The minimum absolute atomic E-state index is 0.290. The molecule has 2 N–H and O–H groups in total. The van der Waals surface area contributed by atoms with Gasteiger partial charge in [-0.05, 0) is 30.0 Å². The van der Waals surface area contributed by atoms with E-state index in [9.17, 15) is 9.90 Å². The van der Waals surface area contributed by atoms with Gasteiger partial charge in [-0.15, -0.1) is 0 Å². The van der Waals surface area contributed by atoms with Gasteiger partial charge < -0.3 is 15.2 Å². The number of hydrogen-bond acceptors (Lipinski definition) is 3. The van der Waals surface area contributed by atoms with Gasteiger partial charge in [-0.3, -0.25) is 4.79 Å². The summed E-state index contributed by atoms with van der Waals surface area (Å²) in [5.41, 5.74) is 2.63. The number of ether oxygens (including phenoxy) is 1. The Hall–Kier alpha value is -1.55. The average Bonchev–Trinajstić information content (AvgIpc) is 2.29. The summed E-state index contributed by atoms with van der Waals surface area (Å²) in [6, 6.07) is 6.29. The SMILES string of the molecule is Cc1ccc(C(C)C)cc1NCC1(C(=O)O)COC1. The minimum Gasteiger partial charge on any atom is -0.481 e. The second kappa shape index (κ2) is 5.21. The number of aliphatic carboxylic acids is 1. The van der Waals surface area contributed by atoms with Gasteiger partial charge in [0.05, 0.1) is 13.2 Å². The molecule has 1 aliphatic rings. The van der Waals surface area contributed by atoms with Crippen molar-refractivity contribution >= 4 is 11.7 Å². The zero-order chi connectivity index (χ0) is 14.0. The standard InChI is InChI=1S/C15H21NO3/c1-10(2)12-5-4-11(3)13(6-12)16-7-15(14(17)18)8-19-9-15/h4-6,10,16H,7-9H2,1-3H3,(H,17,18). The summed E-state index contributed by atoms with van der Waals surface area (Å²) in [6.07, 6.45) is 0. The Morgan fingerprint density at radius 2 is 2.16 bits per heavy atom. The molecule has 2 rings (SSSR count). The Kier molecular flexibility index (Phi) is 3.80. The first-order valence-electron chi connectivity index (χ1n) is 6.60. The van der Waals surface area contributed by atoms with Crippen molar-refractivity contribution in [2.45, 2.75) is 26.7 Å². The van der Waals surface area contributed by atoms with Crippen molar-refractivity contribution in [1.82, 2.24) is 0 Å². The molecule has 0 bridgehead atoms. The smallest absolute Gasteiger partial charge is 0.316 e. The predicted octanol–water partition coefficient (Wildman–Crippen LogP) is 2.63. The van der Waals surface area contributed by atoms with Crippen LogP contribution < -0.4 is 5.32 Å². The maximum absolute atomic E-state index is 11.3. The number of anilines is 1. The molecule has 1 saturated heterocycles. The lowest BCUT2D eigenvalue weighted by Crippen LogP contribution is -2.53. The van der Waals surface area contributed by atoms with Crippen molar-refractivity contribution in [2.75, 3.05) is 25.1 Å². The van der Waals surface area contributed by atoms with E-state index in [1.54, 1.807) is 0 Å². The highest BCUT2D eigenvalue weighted by Crippen LogP contribution is 2.29. The van der Waals surface area contributed by atoms with E-state index >= 15 is 0 Å². The lowest BCUT2D eigenvalue weighted by Gasteiger charge is -2.37. The number of carboxylic acid groups (broad SMARTS) is 1. The fraction of sp³-hybridized carbons (Fsp3) is 0.533. The molecule has 1 aromatic rings. The van der Waals surface area contributed by atoms with Gasteiger partial charge in [-0.1, -0.05) is 26.0 Å². The molecule has 1 fully saturated rings. The number of carbonyl (C=O) groups is 1. The third kappa shape index (κ3) is 2.73. The van der Waals surface area contributed by atoms with Gasteiger partial charge in [0.2, 0.25) is 0 Å². The molecule has 19 heavy (non-hydrogen) atoms. The highest BCUT2D eigenvalue weighted by Gasteiger charge is 2.46. The number of hydrogen-bond donors (Lipinski definition) is 2. The first-order chi connectivity index (χ1) is 8.94. The van der Waals surface area contributed by atoms with Gasteiger partial charge in [0.15, 0.2) is 0 Å². The van der Waals surface area contributed by atoms with E-state index in [4.69, 9.17) is 4.74 Å². The van der Waals surface area contributed by atoms with Crippen LogP contribution in [0.15, 0.2) is 18.2 Å². The zero-order valence-electron chi connectivity index (χ0n) is 11.7. The van der Waals surface area contributed by atoms with Gasteiger partial charge in [0.25, 0.3) is 0 Å². The fourth-order valence-corrected chi connectivity index (χ4v) is 2.10. The summed E-state index contributed by atoms with van der Waals surface area (Å²) in [5, 5.41) is 12.5. The third-order valence-electron chi connectivity index (χ3n) is 3.76. The molecule has 104 valence electrons. The molecule has 4 heteroatoms. The lowest BCUT2D eigenvalue weighted by atomic mass is 9.86. The summed E-state index contributed by atoms with van der Waals surface area (Å²) < 4.78 is 5.06. The first kappa shape index (κ1) is 13.9. The van der Waals surface area contributed by atoms with E-state index in [-0.39, 0.29) is 13.2 Å². The zero-order valence-corrected chi connectivity index (χ0v) is 11.7. The van der Waals surface area contributed by atoms with Crippen LogP contribution in [0.25, 0.3) is 0 Å². The van der Waals surface area contributed by atoms with Gasteiger partial charge in [0, 0.05) is 12.2 Å². The van der Waals surface area contributed by atoms with E-state index < -0.39 is 11.4 Å². The number of nitrogens with one attached hydrogen (secondary N) is 1. The van der Waals surface area contributed by atoms with Crippen molar-refractivity contribution in [2.24, 2.45) is 5.41 Å². The summed E-state index contributed by atoms with van der Waals surface area (Å²) >= 11 is 0. The molecular formula is C15H21NO3. The topological polar surface area (TPSA) is 58.6 Å². The Morgan fingerprint density at radius 1 is 1.47 bits per heavy atom. The van der Waals surface area contributed by atoms with Crippen LogP contribution >= 0.6 is 0 Å². The van der Waals surface area contributed by atoms with E-state index in [0.717, 1.165) is 11.3 Å². The van der Waals surface area contributed by atoms with Crippen LogP contribution in [0.1, 0.15) is 30.9 Å². The second-order valence-corrected chi connectivity index (χ2v) is 5.66. The largest absolute Gasteiger partial charge is 0.481 e. The van der Waals surface area contributed by atoms with Gasteiger partial charge in [-0.25, -0.2) is 0 Å². The molecule has 0 aromatic heterocycles. The second-order valence-electron chi connectivity index (χ2n) is 5.66. The molecule has 1 aliphatic heterocycles. The number of benzene rings is 1. The Morgan fingerprint density at radius 3 is 2.63 bits per heavy atom. The van der Waals surface area contributed by atoms with Gasteiger partial charge in [-0.2, -0.15) is 0 Å². The molecule has 0 aliphatic carbocycles. The predicted molar refractivity (Wildman–Crippen MR) is 74.6 cm³/mol. The fourth-order valence-electron chi connectivity index (χ4n) is 2.10. The van der Waals surface area contributed by atoms with Crippen molar-refractivity contribution in [3.63, 3.8) is 0 Å². The molecule has 0 atom stereocenters. The first-order valence-corrected chi connectivity index (χ1v) is 6.60. The quantitative estimate of drug-likeness (QED) is 0.857. The van der Waals surface area contributed by atoms with E-state index in [1.807, 2.05) is 6.92 Å². The lowest BCUT2D eigenvalue weighted by molar-refractivity contribution is -0.176. The molecule has 0 saturated carbocycles. The Labute approximate surface area is 113 Å². The normalized spacial score (nSPS) is 17.1. The molecule has 0 amide bonds. The highest BCUT2D eigenvalue weighted by molar-refractivity contribution is 5.77. The molecule has 1 heterocycles. The monoisotopic (exact) mass is 263 g/mol. The molecule has 1 aromatic carbocycles. The summed E-state index contributed by atoms with van der Waals surface area (Å²) in [4.78, 5) is 11.3. The van der Waals surface area contributed by atoms with Gasteiger partial charge >= 0.3 is 5.97 Å². The number of carboxylic acids is 1. The summed E-state index contributed by atoms with van der Waals surface area (Å²) in [5.74, 6) is -0.328. The molecular weight excluding hydrogens is 242 g/mol. The number of rotatable bonds is 5. The van der Waals surface area contributed by atoms with E-state index in [0.29, 0.717) is 12.5 Å². The third-order valence-corrected chi connectivity index (χ3v) is 3.76. The van der Waals surface area contributed by atoms with Crippen molar-refractivity contribution < 1.29 is 14.6 Å².